The van der Waals surface area contributed by atoms with Gasteiger partial charge in [0.15, 0.2) is 5.82 Å². The van der Waals surface area contributed by atoms with Gasteiger partial charge in [-0.15, -0.1) is 0 Å². The van der Waals surface area contributed by atoms with Gasteiger partial charge in [0.2, 0.25) is 5.91 Å². The van der Waals surface area contributed by atoms with Gasteiger partial charge in [0, 0.05) is 36.9 Å². The maximum Gasteiger partial charge on any atom is 0.319 e. The van der Waals surface area contributed by atoms with E-state index in [9.17, 15) is 4.79 Å². The van der Waals surface area contributed by atoms with Gasteiger partial charge in [-0.25, -0.2) is 4.39 Å². The summed E-state index contributed by atoms with van der Waals surface area (Å²) >= 11 is 0. The monoisotopic (exact) mass is 581 g/mol. The van der Waals surface area contributed by atoms with Crippen LogP contribution in [-0.4, -0.2) is 76.2 Å². The lowest BCUT2D eigenvalue weighted by molar-refractivity contribution is -0.117. The van der Waals surface area contributed by atoms with Crippen LogP contribution in [0, 0.1) is 5.82 Å². The Morgan fingerprint density at radius 3 is 2.56 bits per heavy atom. The third-order valence-electron chi connectivity index (χ3n) is 10.1. The molecule has 0 spiro atoms. The van der Waals surface area contributed by atoms with Crippen molar-refractivity contribution in [1.29, 1.82) is 0 Å². The van der Waals surface area contributed by atoms with Crippen molar-refractivity contribution in [2.24, 2.45) is 5.73 Å². The molecule has 2 atom stereocenters. The van der Waals surface area contributed by atoms with E-state index < -0.39 is 11.7 Å². The summed E-state index contributed by atoms with van der Waals surface area (Å²) in [5.41, 5.74) is 7.32. The Labute approximate surface area is 249 Å². The Hall–Kier alpha value is -3.89. The quantitative estimate of drug-likeness (QED) is 0.338. The van der Waals surface area contributed by atoms with Gasteiger partial charge in [-0.3, -0.25) is 14.7 Å². The smallest absolute Gasteiger partial charge is 0.319 e. The molecule has 4 aromatic rings. The van der Waals surface area contributed by atoms with Gasteiger partial charge in [-0.2, -0.15) is 9.97 Å². The van der Waals surface area contributed by atoms with Crippen LogP contribution in [0.2, 0.25) is 0 Å². The molecule has 2 aromatic carbocycles. The van der Waals surface area contributed by atoms with Crippen molar-refractivity contribution in [3.05, 3.63) is 54.0 Å². The molecule has 6 heterocycles. The first kappa shape index (κ1) is 26.7. The number of carbonyl (C=O) groups is 1. The predicted molar refractivity (Wildman–Crippen MR) is 164 cm³/mol. The number of nitrogens with one attached hydrogen (secondary N) is 1. The van der Waals surface area contributed by atoms with Gasteiger partial charge in [0.1, 0.15) is 23.6 Å². The van der Waals surface area contributed by atoms with Crippen molar-refractivity contribution in [2.75, 3.05) is 37.7 Å². The molecule has 8 rings (SSSR count). The molecule has 4 fully saturated rings. The van der Waals surface area contributed by atoms with Crippen LogP contribution in [-0.2, 0) is 11.2 Å². The number of amides is 1. The minimum Gasteiger partial charge on any atom is -0.461 e. The number of carbonyl (C=O) groups excluding carboxylic acids is 1. The van der Waals surface area contributed by atoms with E-state index in [4.69, 9.17) is 20.4 Å². The largest absolute Gasteiger partial charge is 0.461 e. The average molecular weight is 582 g/mol. The van der Waals surface area contributed by atoms with Gasteiger partial charge >= 0.3 is 6.01 Å². The number of benzene rings is 2. The fourth-order valence-electron chi connectivity index (χ4n) is 8.10. The summed E-state index contributed by atoms with van der Waals surface area (Å²) in [5.74, 6) is -0.288. The van der Waals surface area contributed by atoms with E-state index in [2.05, 4.69) is 20.1 Å². The second-order valence-corrected chi connectivity index (χ2v) is 12.7. The average Bonchev–Trinajstić information content (AvgIpc) is 3.69. The van der Waals surface area contributed by atoms with E-state index in [0.29, 0.717) is 35.5 Å². The first-order valence-electron chi connectivity index (χ1n) is 15.5. The van der Waals surface area contributed by atoms with Crippen LogP contribution in [0.1, 0.15) is 44.1 Å². The van der Waals surface area contributed by atoms with Crippen molar-refractivity contribution < 1.29 is 13.9 Å². The van der Waals surface area contributed by atoms with Crippen LogP contribution in [0.25, 0.3) is 32.9 Å². The number of ether oxygens (including phenoxy) is 1. The lowest BCUT2D eigenvalue weighted by Gasteiger charge is -2.34. The summed E-state index contributed by atoms with van der Waals surface area (Å²) in [6, 6.07) is 12.3. The summed E-state index contributed by atoms with van der Waals surface area (Å²) in [6.45, 7) is 4.29. The van der Waals surface area contributed by atoms with Crippen LogP contribution < -0.4 is 20.7 Å². The zero-order chi connectivity index (χ0) is 29.1. The van der Waals surface area contributed by atoms with Crippen molar-refractivity contribution in [2.45, 2.75) is 62.6 Å². The molecule has 2 aromatic heterocycles. The Morgan fingerprint density at radius 2 is 1.81 bits per heavy atom. The van der Waals surface area contributed by atoms with Gasteiger partial charge in [0.25, 0.3) is 0 Å². The van der Waals surface area contributed by atoms with Gasteiger partial charge in [0.05, 0.1) is 17.3 Å². The third-order valence-corrected chi connectivity index (χ3v) is 10.1. The minimum absolute atomic E-state index is 0.0222. The number of primary amides is 1. The summed E-state index contributed by atoms with van der Waals surface area (Å²) in [4.78, 5) is 31.0. The van der Waals surface area contributed by atoms with Crippen LogP contribution in [0.15, 0.2) is 42.6 Å². The van der Waals surface area contributed by atoms with Crippen molar-refractivity contribution in [3.8, 4) is 17.3 Å². The summed E-state index contributed by atoms with van der Waals surface area (Å²) < 4.78 is 23.2. The van der Waals surface area contributed by atoms with Crippen molar-refractivity contribution >= 4 is 33.4 Å². The number of fused-ring (bicyclic) bond motifs is 5. The molecule has 1 amide bonds. The zero-order valence-electron chi connectivity index (χ0n) is 24.2. The van der Waals surface area contributed by atoms with E-state index in [1.807, 2.05) is 36.4 Å². The number of hydrogen-bond acceptors (Lipinski definition) is 8. The van der Waals surface area contributed by atoms with Crippen LogP contribution in [0.4, 0.5) is 10.2 Å². The molecule has 0 radical (unpaired) electrons. The molecule has 0 saturated carbocycles. The minimum atomic E-state index is -0.521. The van der Waals surface area contributed by atoms with Crippen LogP contribution in [0.5, 0.6) is 6.01 Å². The van der Waals surface area contributed by atoms with E-state index in [1.165, 1.54) is 12.8 Å². The standard InChI is InChI=1S/C33H36FN7O2/c34-28-29(24-8-2-6-20-5-1-7-21(27(20)24)15-26(35)42)36-16-25-30(28)38-32(43-19-33-11-3-13-41(33)14-4-12-33)39-31(25)40-17-22-9-10-23(18-40)37-22/h1-2,5-8,16,22-23,37H,3-4,9-15,17-19H2,(H2,35,42). The Morgan fingerprint density at radius 1 is 1.07 bits per heavy atom. The number of halogens is 1. The van der Waals surface area contributed by atoms with Gasteiger partial charge in [-0.1, -0.05) is 36.4 Å². The van der Waals surface area contributed by atoms with Crippen molar-refractivity contribution in [1.82, 2.24) is 25.2 Å². The van der Waals surface area contributed by atoms with E-state index in [0.717, 1.165) is 68.2 Å². The predicted octanol–water partition coefficient (Wildman–Crippen LogP) is 3.96. The fraction of sp³-hybridized carbons (Fsp3) is 0.455. The molecular weight excluding hydrogens is 545 g/mol. The zero-order valence-corrected chi connectivity index (χ0v) is 24.2. The lowest BCUT2D eigenvalue weighted by atomic mass is 9.95. The maximum absolute atomic E-state index is 16.8. The molecule has 10 heteroatoms. The summed E-state index contributed by atoms with van der Waals surface area (Å²) in [7, 11) is 0. The maximum atomic E-state index is 16.8. The molecule has 4 saturated heterocycles. The molecule has 4 aliphatic heterocycles. The highest BCUT2D eigenvalue weighted by Gasteiger charge is 2.45. The van der Waals surface area contributed by atoms with Gasteiger partial charge < -0.3 is 20.7 Å². The number of nitrogens with zero attached hydrogens (tertiary/aromatic N) is 5. The lowest BCUT2D eigenvalue weighted by Crippen LogP contribution is -2.51. The summed E-state index contributed by atoms with van der Waals surface area (Å²) in [5, 5.41) is 5.90. The molecule has 9 nitrogen and oxygen atoms in total. The Bertz CT molecular complexity index is 1720. The van der Waals surface area contributed by atoms with E-state index in [1.54, 1.807) is 6.20 Å². The van der Waals surface area contributed by atoms with Crippen LogP contribution in [0.3, 0.4) is 0 Å². The SMILES string of the molecule is NC(=O)Cc1cccc2cccc(-c3ncc4c(N5CC6CCC(C5)N6)nc(OCC56CCCN5CCC6)nc4c3F)c12. The topological polar surface area (TPSA) is 110 Å². The highest BCUT2D eigenvalue weighted by molar-refractivity contribution is 6.02. The molecular formula is C33H36FN7O2. The second-order valence-electron chi connectivity index (χ2n) is 12.7. The Balaban J connectivity index is 1.26. The number of nitrogens with two attached hydrogens (primary N) is 1. The third kappa shape index (κ3) is 4.58. The molecule has 3 N–H and O–H groups in total. The van der Waals surface area contributed by atoms with Gasteiger partial charge in [-0.05, 0) is 68.0 Å². The number of aromatic nitrogens is 3. The molecule has 4 aliphatic rings. The molecule has 2 bridgehead atoms. The highest BCUT2D eigenvalue weighted by atomic mass is 19.1. The first-order valence-corrected chi connectivity index (χ1v) is 15.5. The molecule has 43 heavy (non-hydrogen) atoms. The Kier molecular flexibility index (Phi) is 6.45. The fourth-order valence-corrected chi connectivity index (χ4v) is 8.10. The number of anilines is 1. The van der Waals surface area contributed by atoms with Crippen LogP contribution >= 0.6 is 0 Å². The van der Waals surface area contributed by atoms with E-state index >= 15 is 4.39 Å². The first-order chi connectivity index (χ1) is 21.0. The number of rotatable bonds is 7. The molecule has 2 unspecified atom stereocenters. The highest BCUT2D eigenvalue weighted by Crippen LogP contribution is 2.40. The van der Waals surface area contributed by atoms with Crippen molar-refractivity contribution in [3.63, 3.8) is 0 Å². The molecule has 0 aliphatic carbocycles. The normalized spacial score (nSPS) is 22.9. The molecule has 222 valence electrons. The summed E-state index contributed by atoms with van der Waals surface area (Å²) in [6.07, 6.45) is 8.54. The number of piperazine rings is 1. The second kappa shape index (κ2) is 10.4. The number of hydrogen-bond donors (Lipinski definition) is 2. The number of pyridine rings is 1. The van der Waals surface area contributed by atoms with E-state index in [-0.39, 0.29) is 29.2 Å².